The molecule has 0 saturated carbocycles. The van der Waals surface area contributed by atoms with Crippen molar-refractivity contribution in [3.63, 3.8) is 0 Å². The molecule has 0 N–H and O–H groups in total. The first-order valence-corrected chi connectivity index (χ1v) is 7.13. The molecule has 0 radical (unpaired) electrons. The van der Waals surface area contributed by atoms with Gasteiger partial charge in [-0.1, -0.05) is 47.1 Å². The molecule has 2 nitrogen and oxygen atoms in total. The first-order chi connectivity index (χ1) is 8.22. The molecule has 94 valence electrons. The van der Waals surface area contributed by atoms with Gasteiger partial charge in [-0.15, -0.1) is 0 Å². The van der Waals surface area contributed by atoms with Crippen molar-refractivity contribution in [2.75, 3.05) is 6.61 Å². The van der Waals surface area contributed by atoms with Gasteiger partial charge in [-0.2, -0.15) is 0 Å². The average Bonchev–Trinajstić information content (AvgIpc) is 2.64. The lowest BCUT2D eigenvalue weighted by atomic mass is 10.1. The number of rotatable bonds is 5. The Morgan fingerprint density at radius 1 is 1.41 bits per heavy atom. The maximum atomic E-state index is 5.98. The van der Waals surface area contributed by atoms with Crippen LogP contribution in [-0.4, -0.2) is 17.7 Å². The zero-order valence-corrected chi connectivity index (χ0v) is 11.9. The van der Waals surface area contributed by atoms with Crippen LogP contribution in [0.4, 0.5) is 0 Å². The molecule has 3 atom stereocenters. The number of fused-ring (bicyclic) bond motifs is 1. The minimum Gasteiger partial charge on any atom is -0.353 e. The summed E-state index contributed by atoms with van der Waals surface area (Å²) in [7, 11) is 0. The van der Waals surface area contributed by atoms with Gasteiger partial charge >= 0.3 is 0 Å². The molecule has 0 bridgehead atoms. The van der Waals surface area contributed by atoms with E-state index < -0.39 is 0 Å². The van der Waals surface area contributed by atoms with Crippen molar-refractivity contribution in [2.45, 2.75) is 43.9 Å². The highest BCUT2D eigenvalue weighted by Gasteiger charge is 2.32. The second kappa shape index (κ2) is 5.98. The molecular weight excluding hydrogens is 280 g/mol. The summed E-state index contributed by atoms with van der Waals surface area (Å²) < 4.78 is 11.6. The molecule has 0 spiro atoms. The van der Waals surface area contributed by atoms with Gasteiger partial charge in [-0.25, -0.2) is 0 Å². The molecule has 0 saturated heterocycles. The molecule has 17 heavy (non-hydrogen) atoms. The topological polar surface area (TPSA) is 18.5 Å². The smallest absolute Gasteiger partial charge is 0.155 e. The van der Waals surface area contributed by atoms with Crippen molar-refractivity contribution >= 4 is 15.9 Å². The van der Waals surface area contributed by atoms with E-state index in [0.717, 1.165) is 19.4 Å². The number of benzene rings is 1. The summed E-state index contributed by atoms with van der Waals surface area (Å²) in [5.41, 5.74) is 2.67. The average molecular weight is 299 g/mol. The van der Waals surface area contributed by atoms with Crippen LogP contribution in [0.5, 0.6) is 0 Å². The van der Waals surface area contributed by atoms with E-state index in [-0.39, 0.29) is 12.4 Å². The lowest BCUT2D eigenvalue weighted by molar-refractivity contribution is -0.159. The fourth-order valence-electron chi connectivity index (χ4n) is 2.20. The zero-order valence-electron chi connectivity index (χ0n) is 10.4. The third-order valence-corrected chi connectivity index (χ3v) is 3.80. The molecular formula is C14H19BrO2. The molecule has 0 heterocycles. The minimum absolute atomic E-state index is 0.109. The van der Waals surface area contributed by atoms with Gasteiger partial charge in [0.2, 0.25) is 0 Å². The normalized spacial score (nSPS) is 24.6. The van der Waals surface area contributed by atoms with E-state index in [4.69, 9.17) is 9.47 Å². The van der Waals surface area contributed by atoms with Crippen molar-refractivity contribution in [3.8, 4) is 0 Å². The number of hydrogen-bond acceptors (Lipinski definition) is 2. The van der Waals surface area contributed by atoms with Gasteiger partial charge in [0.1, 0.15) is 0 Å². The van der Waals surface area contributed by atoms with E-state index in [1.807, 2.05) is 6.92 Å². The maximum absolute atomic E-state index is 5.98. The molecule has 0 aliphatic heterocycles. The van der Waals surface area contributed by atoms with Crippen molar-refractivity contribution in [3.05, 3.63) is 35.4 Å². The Labute approximate surface area is 111 Å². The van der Waals surface area contributed by atoms with Crippen LogP contribution in [0.2, 0.25) is 0 Å². The number of halogens is 1. The zero-order chi connectivity index (χ0) is 12.3. The molecule has 0 aromatic heterocycles. The van der Waals surface area contributed by atoms with Crippen LogP contribution in [-0.2, 0) is 15.9 Å². The Morgan fingerprint density at radius 3 is 2.94 bits per heavy atom. The maximum Gasteiger partial charge on any atom is 0.155 e. The molecule has 3 heteroatoms. The quantitative estimate of drug-likeness (QED) is 0.607. The van der Waals surface area contributed by atoms with Crippen molar-refractivity contribution in [1.82, 2.24) is 0 Å². The van der Waals surface area contributed by atoms with Crippen molar-refractivity contribution in [1.29, 1.82) is 0 Å². The Kier molecular flexibility index (Phi) is 4.60. The molecule has 1 aliphatic rings. The molecule has 1 aliphatic carbocycles. The van der Waals surface area contributed by atoms with Crippen LogP contribution in [0.3, 0.4) is 0 Å². The SMILES string of the molecule is CCCOC(C)OC1c2ccccc2CC1Br. The summed E-state index contributed by atoms with van der Waals surface area (Å²) in [6.45, 7) is 4.82. The van der Waals surface area contributed by atoms with Gasteiger partial charge < -0.3 is 9.47 Å². The van der Waals surface area contributed by atoms with Crippen LogP contribution < -0.4 is 0 Å². The standard InChI is InChI=1S/C14H19BrO2/c1-3-8-16-10(2)17-14-12-7-5-4-6-11(12)9-13(14)15/h4-7,10,13-14H,3,8-9H2,1-2H3. The first kappa shape index (κ1) is 13.1. The van der Waals surface area contributed by atoms with Gasteiger partial charge in [-0.3, -0.25) is 0 Å². The molecule has 1 aromatic rings. The highest BCUT2D eigenvalue weighted by Crippen LogP contribution is 2.39. The molecule has 3 unspecified atom stereocenters. The summed E-state index contributed by atoms with van der Waals surface area (Å²) in [6.07, 6.45) is 2.01. The first-order valence-electron chi connectivity index (χ1n) is 6.21. The highest BCUT2D eigenvalue weighted by atomic mass is 79.9. The van der Waals surface area contributed by atoms with Gasteiger partial charge in [0.25, 0.3) is 0 Å². The van der Waals surface area contributed by atoms with Crippen molar-refractivity contribution < 1.29 is 9.47 Å². The van der Waals surface area contributed by atoms with Gasteiger partial charge in [-0.05, 0) is 30.9 Å². The Bertz CT molecular complexity index is 367. The van der Waals surface area contributed by atoms with E-state index in [1.165, 1.54) is 11.1 Å². The van der Waals surface area contributed by atoms with Gasteiger partial charge in [0, 0.05) is 11.4 Å². The van der Waals surface area contributed by atoms with Crippen LogP contribution >= 0.6 is 15.9 Å². The predicted octanol–water partition coefficient (Wildman–Crippen LogP) is 3.84. The third kappa shape index (κ3) is 3.09. The Balaban J connectivity index is 2.01. The van der Waals surface area contributed by atoms with Gasteiger partial charge in [0.15, 0.2) is 6.29 Å². The van der Waals surface area contributed by atoms with E-state index in [1.54, 1.807) is 0 Å². The molecule has 0 fully saturated rings. The third-order valence-electron chi connectivity index (χ3n) is 3.00. The summed E-state index contributed by atoms with van der Waals surface area (Å²) in [5.74, 6) is 0. The highest BCUT2D eigenvalue weighted by molar-refractivity contribution is 9.09. The van der Waals surface area contributed by atoms with Crippen LogP contribution in [0.15, 0.2) is 24.3 Å². The lowest BCUT2D eigenvalue weighted by Gasteiger charge is -2.22. The number of hydrogen-bond donors (Lipinski definition) is 0. The Morgan fingerprint density at radius 2 is 2.18 bits per heavy atom. The van der Waals surface area contributed by atoms with Crippen LogP contribution in [0, 0.1) is 0 Å². The minimum atomic E-state index is -0.147. The van der Waals surface area contributed by atoms with E-state index in [9.17, 15) is 0 Å². The molecule has 1 aromatic carbocycles. The van der Waals surface area contributed by atoms with E-state index in [2.05, 4.69) is 47.1 Å². The van der Waals surface area contributed by atoms with Crippen molar-refractivity contribution in [2.24, 2.45) is 0 Å². The molecule has 0 amide bonds. The van der Waals surface area contributed by atoms with Gasteiger partial charge in [0.05, 0.1) is 6.10 Å². The van der Waals surface area contributed by atoms with E-state index in [0.29, 0.717) is 4.83 Å². The summed E-state index contributed by atoms with van der Waals surface area (Å²) >= 11 is 3.70. The monoisotopic (exact) mass is 298 g/mol. The summed E-state index contributed by atoms with van der Waals surface area (Å²) in [5, 5.41) is 0. The van der Waals surface area contributed by atoms with Crippen LogP contribution in [0.25, 0.3) is 0 Å². The largest absolute Gasteiger partial charge is 0.353 e. The second-order valence-corrected chi connectivity index (χ2v) is 5.59. The fourth-order valence-corrected chi connectivity index (χ4v) is 2.96. The summed E-state index contributed by atoms with van der Waals surface area (Å²) in [4.78, 5) is 0.354. The summed E-state index contributed by atoms with van der Waals surface area (Å²) in [6, 6.07) is 8.47. The fraction of sp³-hybridized carbons (Fsp3) is 0.571. The van der Waals surface area contributed by atoms with E-state index >= 15 is 0 Å². The lowest BCUT2D eigenvalue weighted by Crippen LogP contribution is -2.20. The second-order valence-electron chi connectivity index (χ2n) is 4.41. The number of alkyl halides is 1. The number of ether oxygens (including phenoxy) is 2. The van der Waals surface area contributed by atoms with Crippen LogP contribution in [0.1, 0.15) is 37.5 Å². The Hall–Kier alpha value is -0.380. The molecule has 2 rings (SSSR count). The predicted molar refractivity (Wildman–Crippen MR) is 72.4 cm³/mol.